The average Bonchev–Trinajstić information content (AvgIpc) is 2.66. The summed E-state index contributed by atoms with van der Waals surface area (Å²) in [6.45, 7) is 1.94. The van der Waals surface area contributed by atoms with E-state index in [2.05, 4.69) is 15.5 Å². The molecule has 0 saturated heterocycles. The third-order valence-corrected chi connectivity index (χ3v) is 2.16. The summed E-state index contributed by atoms with van der Waals surface area (Å²) in [5.74, 6) is 0. The van der Waals surface area contributed by atoms with Crippen LogP contribution in [-0.4, -0.2) is 16.5 Å². The third kappa shape index (κ3) is 2.04. The van der Waals surface area contributed by atoms with Crippen molar-refractivity contribution >= 4 is 17.7 Å². The summed E-state index contributed by atoms with van der Waals surface area (Å²) in [6, 6.07) is 7.25. The van der Waals surface area contributed by atoms with Gasteiger partial charge in [-0.3, -0.25) is 9.89 Å². The van der Waals surface area contributed by atoms with Gasteiger partial charge in [0.05, 0.1) is 17.6 Å². The molecule has 15 heavy (non-hydrogen) atoms. The third-order valence-electron chi connectivity index (χ3n) is 2.16. The Kier molecular flexibility index (Phi) is 2.49. The van der Waals surface area contributed by atoms with Gasteiger partial charge in [0.1, 0.15) is 6.29 Å². The van der Waals surface area contributed by atoms with Crippen molar-refractivity contribution in [3.8, 4) is 0 Å². The van der Waals surface area contributed by atoms with E-state index < -0.39 is 0 Å². The van der Waals surface area contributed by atoms with Crippen LogP contribution in [-0.2, 0) is 0 Å². The van der Waals surface area contributed by atoms with Gasteiger partial charge in [-0.05, 0) is 31.2 Å². The quantitative estimate of drug-likeness (QED) is 0.749. The highest BCUT2D eigenvalue weighted by atomic mass is 16.1. The molecule has 4 nitrogen and oxygen atoms in total. The lowest BCUT2D eigenvalue weighted by Crippen LogP contribution is -1.90. The zero-order valence-electron chi connectivity index (χ0n) is 8.32. The number of carbonyl (C=O) groups excluding carboxylic acids is 1. The molecule has 0 bridgehead atoms. The predicted octanol–water partition coefficient (Wildman–Crippen LogP) is 2.27. The first-order chi connectivity index (χ1) is 7.29. The van der Waals surface area contributed by atoms with E-state index in [-0.39, 0.29) is 0 Å². The van der Waals surface area contributed by atoms with Crippen LogP contribution in [0.4, 0.5) is 11.4 Å². The molecule has 2 aromatic rings. The lowest BCUT2D eigenvalue weighted by molar-refractivity contribution is 0.112. The number of aromatic amines is 1. The van der Waals surface area contributed by atoms with Gasteiger partial charge in [-0.1, -0.05) is 0 Å². The zero-order chi connectivity index (χ0) is 10.7. The molecule has 2 rings (SSSR count). The number of aromatic nitrogens is 2. The van der Waals surface area contributed by atoms with Gasteiger partial charge in [-0.25, -0.2) is 0 Å². The van der Waals surface area contributed by atoms with Gasteiger partial charge < -0.3 is 5.32 Å². The van der Waals surface area contributed by atoms with E-state index in [1.165, 1.54) is 0 Å². The van der Waals surface area contributed by atoms with E-state index in [4.69, 9.17) is 0 Å². The maximum absolute atomic E-state index is 10.5. The lowest BCUT2D eigenvalue weighted by atomic mass is 10.2. The molecule has 1 aromatic carbocycles. The standard InChI is InChI=1S/C11H11N3O/c1-8-11(6-12-14-8)13-10-4-2-9(7-15)3-5-10/h2-7,13H,1H3,(H,12,14). The number of benzene rings is 1. The highest BCUT2D eigenvalue weighted by Gasteiger charge is 1.99. The molecule has 2 N–H and O–H groups in total. The van der Waals surface area contributed by atoms with Crippen molar-refractivity contribution in [1.82, 2.24) is 10.2 Å². The Morgan fingerprint density at radius 3 is 2.60 bits per heavy atom. The van der Waals surface area contributed by atoms with Crippen LogP contribution in [0.15, 0.2) is 30.5 Å². The average molecular weight is 201 g/mol. The van der Waals surface area contributed by atoms with E-state index in [0.29, 0.717) is 5.56 Å². The molecular weight excluding hydrogens is 190 g/mol. The van der Waals surface area contributed by atoms with E-state index in [0.717, 1.165) is 23.4 Å². The number of aldehydes is 1. The molecule has 1 heterocycles. The van der Waals surface area contributed by atoms with Gasteiger partial charge >= 0.3 is 0 Å². The molecule has 0 unspecified atom stereocenters. The Balaban J connectivity index is 2.18. The molecular formula is C11H11N3O. The minimum absolute atomic E-state index is 0.671. The smallest absolute Gasteiger partial charge is 0.150 e. The van der Waals surface area contributed by atoms with Crippen LogP contribution in [0.2, 0.25) is 0 Å². The first-order valence-electron chi connectivity index (χ1n) is 4.62. The summed E-state index contributed by atoms with van der Waals surface area (Å²) in [6.07, 6.45) is 2.55. The van der Waals surface area contributed by atoms with Crippen molar-refractivity contribution in [3.63, 3.8) is 0 Å². The first-order valence-corrected chi connectivity index (χ1v) is 4.62. The van der Waals surface area contributed by atoms with Gasteiger partial charge in [0, 0.05) is 11.3 Å². The fraction of sp³-hybridized carbons (Fsp3) is 0.0909. The van der Waals surface area contributed by atoms with E-state index in [1.54, 1.807) is 18.3 Å². The number of carbonyl (C=O) groups is 1. The molecule has 0 aliphatic heterocycles. The molecule has 0 fully saturated rings. The Morgan fingerprint density at radius 1 is 1.33 bits per heavy atom. The van der Waals surface area contributed by atoms with E-state index in [9.17, 15) is 4.79 Å². The molecule has 76 valence electrons. The van der Waals surface area contributed by atoms with Crippen LogP contribution < -0.4 is 5.32 Å². The first kappa shape index (κ1) is 9.45. The maximum atomic E-state index is 10.5. The van der Waals surface area contributed by atoms with Gasteiger partial charge in [0.2, 0.25) is 0 Å². The summed E-state index contributed by atoms with van der Waals surface area (Å²) < 4.78 is 0. The molecule has 0 amide bonds. The fourth-order valence-corrected chi connectivity index (χ4v) is 1.28. The molecule has 0 radical (unpaired) electrons. The molecule has 4 heteroatoms. The maximum Gasteiger partial charge on any atom is 0.150 e. The predicted molar refractivity (Wildman–Crippen MR) is 58.4 cm³/mol. The summed E-state index contributed by atoms with van der Waals surface area (Å²) >= 11 is 0. The van der Waals surface area contributed by atoms with Gasteiger partial charge in [-0.2, -0.15) is 5.10 Å². The van der Waals surface area contributed by atoms with Crippen molar-refractivity contribution in [3.05, 3.63) is 41.7 Å². The summed E-state index contributed by atoms with van der Waals surface area (Å²) in [7, 11) is 0. The molecule has 1 aromatic heterocycles. The Bertz CT molecular complexity index is 459. The second-order valence-corrected chi connectivity index (χ2v) is 3.27. The second kappa shape index (κ2) is 3.96. The number of hydrogen-bond acceptors (Lipinski definition) is 3. The number of nitrogens with zero attached hydrogens (tertiary/aromatic N) is 1. The largest absolute Gasteiger partial charge is 0.353 e. The summed E-state index contributed by atoms with van der Waals surface area (Å²) in [5, 5.41) is 9.94. The van der Waals surface area contributed by atoms with E-state index in [1.807, 2.05) is 19.1 Å². The highest BCUT2D eigenvalue weighted by Crippen LogP contribution is 2.18. The lowest BCUT2D eigenvalue weighted by Gasteiger charge is -2.04. The zero-order valence-corrected chi connectivity index (χ0v) is 8.32. The van der Waals surface area contributed by atoms with Crippen molar-refractivity contribution in [2.24, 2.45) is 0 Å². The van der Waals surface area contributed by atoms with Crippen molar-refractivity contribution in [2.75, 3.05) is 5.32 Å². The van der Waals surface area contributed by atoms with Gasteiger partial charge in [0.15, 0.2) is 0 Å². The number of anilines is 2. The minimum Gasteiger partial charge on any atom is -0.353 e. The number of rotatable bonds is 3. The van der Waals surface area contributed by atoms with Crippen LogP contribution in [0.1, 0.15) is 16.1 Å². The SMILES string of the molecule is Cc1[nH]ncc1Nc1ccc(C=O)cc1. The number of aryl methyl sites for hydroxylation is 1. The molecule has 0 aliphatic rings. The number of H-pyrrole nitrogens is 1. The Hall–Kier alpha value is -2.10. The Labute approximate surface area is 87.3 Å². The van der Waals surface area contributed by atoms with Crippen LogP contribution in [0.25, 0.3) is 0 Å². The summed E-state index contributed by atoms with van der Waals surface area (Å²) in [5.41, 5.74) is 3.53. The van der Waals surface area contributed by atoms with E-state index >= 15 is 0 Å². The Morgan fingerprint density at radius 2 is 2.07 bits per heavy atom. The van der Waals surface area contributed by atoms with Crippen molar-refractivity contribution in [1.29, 1.82) is 0 Å². The van der Waals surface area contributed by atoms with Crippen LogP contribution in [0.3, 0.4) is 0 Å². The highest BCUT2D eigenvalue weighted by molar-refractivity contribution is 5.76. The second-order valence-electron chi connectivity index (χ2n) is 3.27. The van der Waals surface area contributed by atoms with Crippen LogP contribution in [0, 0.1) is 6.92 Å². The van der Waals surface area contributed by atoms with Crippen LogP contribution >= 0.6 is 0 Å². The molecule has 0 atom stereocenters. The minimum atomic E-state index is 0.671. The normalized spacial score (nSPS) is 9.93. The molecule has 0 saturated carbocycles. The monoisotopic (exact) mass is 201 g/mol. The number of nitrogens with one attached hydrogen (secondary N) is 2. The van der Waals surface area contributed by atoms with Crippen LogP contribution in [0.5, 0.6) is 0 Å². The van der Waals surface area contributed by atoms with Gasteiger partial charge in [0.25, 0.3) is 0 Å². The summed E-state index contributed by atoms with van der Waals surface area (Å²) in [4.78, 5) is 10.5. The van der Waals surface area contributed by atoms with Crippen molar-refractivity contribution in [2.45, 2.75) is 6.92 Å². The van der Waals surface area contributed by atoms with Crippen molar-refractivity contribution < 1.29 is 4.79 Å². The topological polar surface area (TPSA) is 57.8 Å². The fourth-order valence-electron chi connectivity index (χ4n) is 1.28. The van der Waals surface area contributed by atoms with Gasteiger partial charge in [-0.15, -0.1) is 0 Å². The number of hydrogen-bond donors (Lipinski definition) is 2. The molecule has 0 aliphatic carbocycles. The molecule has 0 spiro atoms.